The number of piperidine rings is 1. The number of nitrogens with one attached hydrogen (secondary N) is 1. The molecule has 8 heteroatoms. The molecule has 1 fully saturated rings. The third kappa shape index (κ3) is 3.94. The fourth-order valence-electron chi connectivity index (χ4n) is 3.16. The summed E-state index contributed by atoms with van der Waals surface area (Å²) in [5, 5.41) is 15.5. The van der Waals surface area contributed by atoms with E-state index in [1.54, 1.807) is 23.0 Å². The zero-order valence-electron chi connectivity index (χ0n) is 14.6. The third-order valence-corrected chi connectivity index (χ3v) is 4.68. The van der Waals surface area contributed by atoms with Crippen LogP contribution >= 0.6 is 0 Å². The Bertz CT molecular complexity index is 887. The van der Waals surface area contributed by atoms with E-state index in [1.807, 2.05) is 24.4 Å². The standard InChI is InChI=1S/C19H19FN6O/c20-15-2-4-16(5-3-15)22-19(27)14-8-12-25(13-9-14)17-6-7-18(24-23-17)26-11-1-10-21-26/h1-7,10-11,14H,8-9,12-13H2,(H,22,27). The zero-order valence-corrected chi connectivity index (χ0v) is 14.6. The molecule has 138 valence electrons. The van der Waals surface area contributed by atoms with Crippen LogP contribution in [-0.2, 0) is 4.79 Å². The maximum atomic E-state index is 13.0. The normalized spacial score (nSPS) is 14.9. The van der Waals surface area contributed by atoms with Crippen LogP contribution in [0.15, 0.2) is 54.9 Å². The van der Waals surface area contributed by atoms with Gasteiger partial charge in [-0.2, -0.15) is 5.10 Å². The number of anilines is 2. The van der Waals surface area contributed by atoms with Crippen LogP contribution in [0.5, 0.6) is 0 Å². The smallest absolute Gasteiger partial charge is 0.227 e. The van der Waals surface area contributed by atoms with Crippen LogP contribution in [0.25, 0.3) is 5.82 Å². The number of aromatic nitrogens is 4. The lowest BCUT2D eigenvalue weighted by Gasteiger charge is -2.31. The lowest BCUT2D eigenvalue weighted by molar-refractivity contribution is -0.120. The summed E-state index contributed by atoms with van der Waals surface area (Å²) in [6, 6.07) is 11.4. The Labute approximate surface area is 155 Å². The molecule has 4 rings (SSSR count). The van der Waals surface area contributed by atoms with Crippen molar-refractivity contribution in [3.63, 3.8) is 0 Å². The van der Waals surface area contributed by atoms with Gasteiger partial charge in [-0.25, -0.2) is 9.07 Å². The van der Waals surface area contributed by atoms with Gasteiger partial charge in [-0.1, -0.05) is 0 Å². The summed E-state index contributed by atoms with van der Waals surface area (Å²) in [6.07, 6.45) is 4.97. The first-order valence-corrected chi connectivity index (χ1v) is 8.84. The summed E-state index contributed by atoms with van der Waals surface area (Å²) in [5.74, 6) is 1.05. The molecule has 1 aliphatic heterocycles. The van der Waals surface area contributed by atoms with Crippen LogP contribution < -0.4 is 10.2 Å². The molecule has 2 aromatic heterocycles. The van der Waals surface area contributed by atoms with Crippen molar-refractivity contribution >= 4 is 17.4 Å². The fourth-order valence-corrected chi connectivity index (χ4v) is 3.16. The van der Waals surface area contributed by atoms with Gasteiger partial charge in [-0.05, 0) is 55.3 Å². The third-order valence-electron chi connectivity index (χ3n) is 4.68. The second kappa shape index (κ2) is 7.53. The second-order valence-electron chi connectivity index (χ2n) is 6.46. The first-order valence-electron chi connectivity index (χ1n) is 8.84. The number of carbonyl (C=O) groups excluding carboxylic acids is 1. The number of hydrogen-bond acceptors (Lipinski definition) is 5. The van der Waals surface area contributed by atoms with Crippen molar-refractivity contribution in [1.29, 1.82) is 0 Å². The van der Waals surface area contributed by atoms with Crippen molar-refractivity contribution in [3.8, 4) is 5.82 Å². The number of rotatable bonds is 4. The highest BCUT2D eigenvalue weighted by Crippen LogP contribution is 2.23. The van der Waals surface area contributed by atoms with Crippen molar-refractivity contribution in [2.45, 2.75) is 12.8 Å². The topological polar surface area (TPSA) is 75.9 Å². The Morgan fingerprint density at radius 1 is 1.04 bits per heavy atom. The molecule has 7 nitrogen and oxygen atoms in total. The molecule has 0 radical (unpaired) electrons. The largest absolute Gasteiger partial charge is 0.355 e. The molecule has 1 saturated heterocycles. The SMILES string of the molecule is O=C(Nc1ccc(F)cc1)C1CCN(c2ccc(-n3cccn3)nn2)CC1. The van der Waals surface area contributed by atoms with Crippen LogP contribution in [0.2, 0.25) is 0 Å². The summed E-state index contributed by atoms with van der Waals surface area (Å²) < 4.78 is 14.6. The molecular weight excluding hydrogens is 347 g/mol. The average Bonchev–Trinajstić information content (AvgIpc) is 3.25. The van der Waals surface area contributed by atoms with E-state index in [-0.39, 0.29) is 17.6 Å². The van der Waals surface area contributed by atoms with Crippen LogP contribution in [0, 0.1) is 11.7 Å². The van der Waals surface area contributed by atoms with Crippen LogP contribution in [0.4, 0.5) is 15.9 Å². The Hall–Kier alpha value is -3.29. The Balaban J connectivity index is 1.33. The molecule has 0 atom stereocenters. The number of nitrogens with zero attached hydrogens (tertiary/aromatic N) is 5. The average molecular weight is 366 g/mol. The monoisotopic (exact) mass is 366 g/mol. The summed E-state index contributed by atoms with van der Waals surface area (Å²) >= 11 is 0. The van der Waals surface area contributed by atoms with E-state index in [2.05, 4.69) is 25.5 Å². The minimum Gasteiger partial charge on any atom is -0.355 e. The highest BCUT2D eigenvalue weighted by Gasteiger charge is 2.26. The highest BCUT2D eigenvalue weighted by molar-refractivity contribution is 5.92. The van der Waals surface area contributed by atoms with Crippen molar-refractivity contribution < 1.29 is 9.18 Å². The van der Waals surface area contributed by atoms with Crippen molar-refractivity contribution in [1.82, 2.24) is 20.0 Å². The summed E-state index contributed by atoms with van der Waals surface area (Å²) in [4.78, 5) is 14.5. The van der Waals surface area contributed by atoms with Gasteiger partial charge in [0, 0.05) is 37.1 Å². The second-order valence-corrected chi connectivity index (χ2v) is 6.46. The van der Waals surface area contributed by atoms with Gasteiger partial charge in [0.2, 0.25) is 5.91 Å². The molecule has 3 heterocycles. The molecule has 1 N–H and O–H groups in total. The number of hydrogen-bond donors (Lipinski definition) is 1. The first kappa shape index (κ1) is 17.1. The molecule has 3 aromatic rings. The molecule has 1 aromatic carbocycles. The quantitative estimate of drug-likeness (QED) is 0.768. The molecular formula is C19H19FN6O. The van der Waals surface area contributed by atoms with E-state index >= 15 is 0 Å². The van der Waals surface area contributed by atoms with Crippen molar-refractivity contribution in [2.75, 3.05) is 23.3 Å². The van der Waals surface area contributed by atoms with Gasteiger partial charge in [0.1, 0.15) is 5.82 Å². The van der Waals surface area contributed by atoms with E-state index in [4.69, 9.17) is 0 Å². The minimum atomic E-state index is -0.319. The molecule has 0 unspecified atom stereocenters. The number of carbonyl (C=O) groups is 1. The van der Waals surface area contributed by atoms with Crippen molar-refractivity contribution in [3.05, 3.63) is 60.7 Å². The van der Waals surface area contributed by atoms with Crippen LogP contribution in [0.3, 0.4) is 0 Å². The van der Waals surface area contributed by atoms with Crippen LogP contribution in [0.1, 0.15) is 12.8 Å². The number of amides is 1. The predicted molar refractivity (Wildman–Crippen MR) is 99.1 cm³/mol. The van der Waals surface area contributed by atoms with Gasteiger partial charge >= 0.3 is 0 Å². The predicted octanol–water partition coefficient (Wildman–Crippen LogP) is 2.66. The van der Waals surface area contributed by atoms with E-state index < -0.39 is 0 Å². The van der Waals surface area contributed by atoms with Gasteiger partial charge in [0.25, 0.3) is 0 Å². The molecule has 0 saturated carbocycles. The number of benzene rings is 1. The molecule has 0 spiro atoms. The molecule has 1 aliphatic rings. The Morgan fingerprint density at radius 2 is 1.74 bits per heavy atom. The maximum Gasteiger partial charge on any atom is 0.227 e. The molecule has 0 aliphatic carbocycles. The van der Waals surface area contributed by atoms with Crippen molar-refractivity contribution in [2.24, 2.45) is 5.92 Å². The fraction of sp³-hybridized carbons (Fsp3) is 0.263. The van der Waals surface area contributed by atoms with Gasteiger partial charge < -0.3 is 10.2 Å². The lowest BCUT2D eigenvalue weighted by Crippen LogP contribution is -2.38. The van der Waals surface area contributed by atoms with E-state index in [9.17, 15) is 9.18 Å². The summed E-state index contributed by atoms with van der Waals surface area (Å²) in [6.45, 7) is 1.47. The van der Waals surface area contributed by atoms with Gasteiger partial charge in [0.05, 0.1) is 0 Å². The molecule has 1 amide bonds. The first-order chi connectivity index (χ1) is 13.2. The summed E-state index contributed by atoms with van der Waals surface area (Å²) in [5.41, 5.74) is 0.615. The minimum absolute atomic E-state index is 0.0265. The zero-order chi connectivity index (χ0) is 18.6. The van der Waals surface area contributed by atoms with E-state index in [0.29, 0.717) is 11.5 Å². The highest BCUT2D eigenvalue weighted by atomic mass is 19.1. The summed E-state index contributed by atoms with van der Waals surface area (Å²) in [7, 11) is 0. The Kier molecular flexibility index (Phi) is 4.78. The maximum absolute atomic E-state index is 13.0. The van der Waals surface area contributed by atoms with Gasteiger partial charge in [-0.3, -0.25) is 4.79 Å². The molecule has 27 heavy (non-hydrogen) atoms. The van der Waals surface area contributed by atoms with E-state index in [0.717, 1.165) is 31.7 Å². The van der Waals surface area contributed by atoms with E-state index in [1.165, 1.54) is 12.1 Å². The lowest BCUT2D eigenvalue weighted by atomic mass is 9.96. The van der Waals surface area contributed by atoms with Crippen LogP contribution in [-0.4, -0.2) is 39.0 Å². The Morgan fingerprint density at radius 3 is 2.37 bits per heavy atom. The molecule has 0 bridgehead atoms. The number of halogens is 1. The van der Waals surface area contributed by atoms with Gasteiger partial charge in [0.15, 0.2) is 11.6 Å². The van der Waals surface area contributed by atoms with Gasteiger partial charge in [-0.15, -0.1) is 10.2 Å².